The molecule has 3 nitrogen and oxygen atoms in total. The van der Waals surface area contributed by atoms with Gasteiger partial charge in [-0.25, -0.2) is 4.98 Å². The van der Waals surface area contributed by atoms with E-state index in [0.29, 0.717) is 16.3 Å². The number of carbonyl (C=O) groups excluding carboxylic acids is 1. The van der Waals surface area contributed by atoms with Crippen molar-refractivity contribution in [3.05, 3.63) is 52.7 Å². The van der Waals surface area contributed by atoms with Crippen LogP contribution >= 0.6 is 23.4 Å². The maximum Gasteiger partial charge on any atom is 0.176 e. The van der Waals surface area contributed by atoms with Gasteiger partial charge in [-0.3, -0.25) is 4.79 Å². The predicted octanol–water partition coefficient (Wildman–Crippen LogP) is 3.60. The fraction of sp³-hybridized carbons (Fsp3) is 0.143. The highest BCUT2D eigenvalue weighted by atomic mass is 35.5. The molecule has 2 aromatic rings. The van der Waals surface area contributed by atoms with Gasteiger partial charge in [0.25, 0.3) is 0 Å². The predicted molar refractivity (Wildman–Crippen MR) is 79.9 cm³/mol. The van der Waals surface area contributed by atoms with Gasteiger partial charge >= 0.3 is 0 Å². The van der Waals surface area contributed by atoms with Gasteiger partial charge in [0.1, 0.15) is 5.82 Å². The summed E-state index contributed by atoms with van der Waals surface area (Å²) in [5, 5.41) is 0.415. The van der Waals surface area contributed by atoms with Crippen molar-refractivity contribution in [1.29, 1.82) is 0 Å². The van der Waals surface area contributed by atoms with Crippen LogP contribution in [0.25, 0.3) is 0 Å². The second-order valence-corrected chi connectivity index (χ2v) is 5.60. The summed E-state index contributed by atoms with van der Waals surface area (Å²) in [6.45, 7) is 2.03. The average Bonchev–Trinajstić information content (AvgIpc) is 2.40. The van der Waals surface area contributed by atoms with Crippen LogP contribution in [0.15, 0.2) is 41.4 Å². The summed E-state index contributed by atoms with van der Waals surface area (Å²) in [7, 11) is 0. The number of nitrogens with two attached hydrogens (primary N) is 1. The summed E-state index contributed by atoms with van der Waals surface area (Å²) in [6.07, 6.45) is 1.43. The molecular formula is C14H13ClN2OS. The van der Waals surface area contributed by atoms with Gasteiger partial charge in [-0.15, -0.1) is 11.8 Å². The van der Waals surface area contributed by atoms with Gasteiger partial charge < -0.3 is 5.73 Å². The molecule has 2 N–H and O–H groups in total. The quantitative estimate of drug-likeness (QED) is 0.691. The van der Waals surface area contributed by atoms with E-state index in [4.69, 9.17) is 17.3 Å². The first-order valence-corrected chi connectivity index (χ1v) is 7.06. The van der Waals surface area contributed by atoms with Gasteiger partial charge in [-0.05, 0) is 25.1 Å². The number of thioether (sulfide) groups is 1. The van der Waals surface area contributed by atoms with Crippen molar-refractivity contribution >= 4 is 35.0 Å². The van der Waals surface area contributed by atoms with E-state index in [1.165, 1.54) is 23.5 Å². The number of hydrogen-bond acceptors (Lipinski definition) is 4. The lowest BCUT2D eigenvalue weighted by Crippen LogP contribution is -2.07. The standard InChI is InChI=1S/C14H13ClN2OS/c1-9-2-4-11(5-3-9)19-8-13(18)12-6-10(15)7-17-14(12)16/h2-7H,8H2,1H3,(H2,16,17). The van der Waals surface area contributed by atoms with Crippen molar-refractivity contribution < 1.29 is 4.79 Å². The number of ketones is 1. The number of rotatable bonds is 4. The van der Waals surface area contributed by atoms with Gasteiger partial charge in [0.2, 0.25) is 0 Å². The van der Waals surface area contributed by atoms with Crippen LogP contribution in [0.3, 0.4) is 0 Å². The van der Waals surface area contributed by atoms with Crippen molar-refractivity contribution in [1.82, 2.24) is 4.98 Å². The minimum Gasteiger partial charge on any atom is -0.383 e. The number of hydrogen-bond donors (Lipinski definition) is 1. The third-order valence-corrected chi connectivity index (χ3v) is 3.80. The van der Waals surface area contributed by atoms with E-state index in [9.17, 15) is 4.79 Å². The number of nitrogens with zero attached hydrogens (tertiary/aromatic N) is 1. The van der Waals surface area contributed by atoms with E-state index in [2.05, 4.69) is 4.98 Å². The molecule has 0 spiro atoms. The molecular weight excluding hydrogens is 280 g/mol. The summed E-state index contributed by atoms with van der Waals surface area (Å²) >= 11 is 7.29. The molecule has 0 fully saturated rings. The number of halogens is 1. The second kappa shape index (κ2) is 6.08. The number of Topliss-reactive ketones (excluding diaryl/α,β-unsaturated/α-hetero) is 1. The van der Waals surface area contributed by atoms with E-state index in [1.807, 2.05) is 31.2 Å². The van der Waals surface area contributed by atoms with Crippen molar-refractivity contribution in [3.63, 3.8) is 0 Å². The number of nitrogen functional groups attached to an aromatic ring is 1. The zero-order valence-electron chi connectivity index (χ0n) is 10.4. The van der Waals surface area contributed by atoms with Crippen LogP contribution in [-0.4, -0.2) is 16.5 Å². The summed E-state index contributed by atoms with van der Waals surface area (Å²) in [5.41, 5.74) is 7.25. The number of aryl methyl sites for hydroxylation is 1. The largest absolute Gasteiger partial charge is 0.383 e. The Kier molecular flexibility index (Phi) is 4.45. The highest BCUT2D eigenvalue weighted by molar-refractivity contribution is 8.00. The Labute approximate surface area is 121 Å². The number of benzene rings is 1. The van der Waals surface area contributed by atoms with Crippen LogP contribution < -0.4 is 5.73 Å². The Morgan fingerprint density at radius 2 is 2.05 bits per heavy atom. The lowest BCUT2D eigenvalue weighted by molar-refractivity contribution is 0.102. The first kappa shape index (κ1) is 13.9. The Balaban J connectivity index is 2.05. The molecule has 2 rings (SSSR count). The zero-order valence-corrected chi connectivity index (χ0v) is 12.0. The third-order valence-electron chi connectivity index (χ3n) is 2.58. The molecule has 0 aliphatic carbocycles. The zero-order chi connectivity index (χ0) is 13.8. The maximum absolute atomic E-state index is 12.1. The van der Waals surface area contributed by atoms with Crippen molar-refractivity contribution in [3.8, 4) is 0 Å². The van der Waals surface area contributed by atoms with Crippen molar-refractivity contribution in [2.75, 3.05) is 11.5 Å². The molecule has 0 saturated carbocycles. The molecule has 0 aliphatic rings. The molecule has 0 atom stereocenters. The lowest BCUT2D eigenvalue weighted by Gasteiger charge is -2.05. The van der Waals surface area contributed by atoms with Gasteiger partial charge in [0.15, 0.2) is 5.78 Å². The van der Waals surface area contributed by atoms with E-state index in [1.54, 1.807) is 6.07 Å². The van der Waals surface area contributed by atoms with E-state index in [0.717, 1.165) is 4.90 Å². The van der Waals surface area contributed by atoms with Crippen LogP contribution in [0.2, 0.25) is 5.02 Å². The van der Waals surface area contributed by atoms with E-state index < -0.39 is 0 Å². The average molecular weight is 293 g/mol. The third kappa shape index (κ3) is 3.72. The number of aromatic nitrogens is 1. The van der Waals surface area contributed by atoms with Crippen LogP contribution in [0, 0.1) is 6.92 Å². The van der Waals surface area contributed by atoms with Crippen LogP contribution in [0.4, 0.5) is 5.82 Å². The maximum atomic E-state index is 12.1. The second-order valence-electron chi connectivity index (χ2n) is 4.11. The van der Waals surface area contributed by atoms with Crippen molar-refractivity contribution in [2.45, 2.75) is 11.8 Å². The number of anilines is 1. The first-order valence-electron chi connectivity index (χ1n) is 5.70. The highest BCUT2D eigenvalue weighted by Gasteiger charge is 2.12. The topological polar surface area (TPSA) is 56.0 Å². The smallest absolute Gasteiger partial charge is 0.176 e. The molecule has 98 valence electrons. The molecule has 0 amide bonds. The minimum absolute atomic E-state index is 0.0712. The number of pyridine rings is 1. The van der Waals surface area contributed by atoms with Crippen LogP contribution in [0.5, 0.6) is 0 Å². The van der Waals surface area contributed by atoms with Crippen LogP contribution in [-0.2, 0) is 0 Å². The molecule has 0 radical (unpaired) electrons. The van der Waals surface area contributed by atoms with Crippen LogP contribution in [0.1, 0.15) is 15.9 Å². The van der Waals surface area contributed by atoms with Crippen molar-refractivity contribution in [2.24, 2.45) is 0 Å². The van der Waals surface area contributed by atoms with E-state index in [-0.39, 0.29) is 11.6 Å². The molecule has 0 saturated heterocycles. The minimum atomic E-state index is -0.0712. The Bertz CT molecular complexity index is 599. The molecule has 1 heterocycles. The Morgan fingerprint density at radius 3 is 2.74 bits per heavy atom. The van der Waals surface area contributed by atoms with Gasteiger partial charge in [0.05, 0.1) is 16.3 Å². The summed E-state index contributed by atoms with van der Waals surface area (Å²) in [4.78, 5) is 17.0. The molecule has 0 bridgehead atoms. The molecule has 0 aliphatic heterocycles. The SMILES string of the molecule is Cc1ccc(SCC(=O)c2cc(Cl)cnc2N)cc1. The lowest BCUT2D eigenvalue weighted by atomic mass is 10.2. The Morgan fingerprint density at radius 1 is 1.37 bits per heavy atom. The molecule has 1 aromatic carbocycles. The number of carbonyl (C=O) groups is 1. The Hall–Kier alpha value is -1.52. The monoisotopic (exact) mass is 292 g/mol. The fourth-order valence-corrected chi connectivity index (χ4v) is 2.47. The molecule has 5 heteroatoms. The molecule has 19 heavy (non-hydrogen) atoms. The normalized spacial score (nSPS) is 10.4. The molecule has 1 aromatic heterocycles. The van der Waals surface area contributed by atoms with E-state index >= 15 is 0 Å². The molecule has 0 unspecified atom stereocenters. The summed E-state index contributed by atoms with van der Waals surface area (Å²) in [6, 6.07) is 9.58. The summed E-state index contributed by atoms with van der Waals surface area (Å²) in [5.74, 6) is 0.465. The van der Waals surface area contributed by atoms with Gasteiger partial charge in [-0.1, -0.05) is 29.3 Å². The summed E-state index contributed by atoms with van der Waals surface area (Å²) < 4.78 is 0. The van der Waals surface area contributed by atoms with Gasteiger partial charge in [-0.2, -0.15) is 0 Å². The first-order chi connectivity index (χ1) is 9.06. The highest BCUT2D eigenvalue weighted by Crippen LogP contribution is 2.22. The van der Waals surface area contributed by atoms with Gasteiger partial charge in [0, 0.05) is 11.1 Å². The fourth-order valence-electron chi connectivity index (χ4n) is 1.53.